The Balaban J connectivity index is -0.0000000450. The molecule has 0 atom stereocenters. The summed E-state index contributed by atoms with van der Waals surface area (Å²) in [5.74, 6) is 0. The molecular weight excluding hydrogens is 71.0 g/mol. The summed E-state index contributed by atoms with van der Waals surface area (Å²) in [5, 5.41) is 0. The molecule has 0 heterocycles. The van der Waals surface area contributed by atoms with E-state index in [9.17, 15) is 0 Å². The molecule has 5 heavy (non-hydrogen) atoms. The molecule has 0 saturated carbocycles. The van der Waals surface area contributed by atoms with Crippen molar-refractivity contribution in [1.82, 2.24) is 0 Å². The number of allylic oxidation sites excluding steroid dienone is 2. The van der Waals surface area contributed by atoms with Crippen molar-refractivity contribution >= 4 is 0 Å². The maximum Gasteiger partial charge on any atom is 1.00 e. The van der Waals surface area contributed by atoms with Crippen LogP contribution in [0.2, 0.25) is 0 Å². The molecule has 0 aliphatic heterocycles. The summed E-state index contributed by atoms with van der Waals surface area (Å²) in [5.41, 5.74) is 0. The number of hydrogen-bond donors (Lipinski definition) is 0. The normalized spacial score (nSPS) is 7.60. The second-order valence-electron chi connectivity index (χ2n) is 0.667. The zero-order chi connectivity index (χ0) is 3.41. The van der Waals surface area contributed by atoms with Crippen LogP contribution in [0.5, 0.6) is 0 Å². The fraction of sp³-hybridized carbons (Fsp3) is 0.500. The van der Waals surface area contributed by atoms with E-state index in [0.29, 0.717) is 0 Å². The Morgan fingerprint density at radius 3 is 1.40 bits per heavy atom. The standard InChI is InChI=1S/C4H8.Na.H/c1-3-4-2;;/h3-4H,1-2H3;;/q;+1;-1. The van der Waals surface area contributed by atoms with Crippen molar-refractivity contribution < 1.29 is 31.0 Å². The Labute approximate surface area is 57.0 Å². The average molecular weight is 80.1 g/mol. The third kappa shape index (κ3) is 11.8. The Morgan fingerprint density at radius 1 is 1.20 bits per heavy atom. The summed E-state index contributed by atoms with van der Waals surface area (Å²) in [6.07, 6.45) is 4.00. The Kier molecular flexibility index (Phi) is 16.3. The fourth-order valence-electron chi connectivity index (χ4n) is 0. The van der Waals surface area contributed by atoms with Gasteiger partial charge in [0.1, 0.15) is 0 Å². The molecule has 0 bridgehead atoms. The van der Waals surface area contributed by atoms with Crippen LogP contribution in [0.25, 0.3) is 0 Å². The van der Waals surface area contributed by atoms with E-state index in [-0.39, 0.29) is 31.0 Å². The molecular formula is C4H9Na. The molecule has 0 nitrogen and oxygen atoms in total. The first-order valence-corrected chi connectivity index (χ1v) is 1.49. The van der Waals surface area contributed by atoms with Gasteiger partial charge in [0.25, 0.3) is 0 Å². The maximum atomic E-state index is 2.00. The molecule has 0 rings (SSSR count). The van der Waals surface area contributed by atoms with E-state index in [4.69, 9.17) is 0 Å². The predicted octanol–water partition coefficient (Wildman–Crippen LogP) is -1.30. The van der Waals surface area contributed by atoms with Crippen molar-refractivity contribution in [3.63, 3.8) is 0 Å². The van der Waals surface area contributed by atoms with E-state index in [1.54, 1.807) is 0 Å². The zero-order valence-corrected chi connectivity index (χ0v) is 6.15. The van der Waals surface area contributed by atoms with Gasteiger partial charge in [0.05, 0.1) is 0 Å². The van der Waals surface area contributed by atoms with E-state index in [2.05, 4.69) is 0 Å². The van der Waals surface area contributed by atoms with Gasteiger partial charge in [-0.3, -0.25) is 0 Å². The molecule has 0 aromatic heterocycles. The minimum atomic E-state index is 0. The Bertz CT molecular complexity index is 22.7. The summed E-state index contributed by atoms with van der Waals surface area (Å²) >= 11 is 0. The van der Waals surface area contributed by atoms with Gasteiger partial charge in [-0.15, -0.1) is 0 Å². The van der Waals surface area contributed by atoms with Gasteiger partial charge in [-0.1, -0.05) is 12.2 Å². The molecule has 0 fully saturated rings. The van der Waals surface area contributed by atoms with Crippen molar-refractivity contribution in [3.8, 4) is 0 Å². The van der Waals surface area contributed by atoms with E-state index in [1.165, 1.54) is 0 Å². The molecule has 0 N–H and O–H groups in total. The topological polar surface area (TPSA) is 0 Å². The van der Waals surface area contributed by atoms with Crippen molar-refractivity contribution in [2.45, 2.75) is 13.8 Å². The van der Waals surface area contributed by atoms with Crippen molar-refractivity contribution in [1.29, 1.82) is 0 Å². The van der Waals surface area contributed by atoms with Crippen LogP contribution in [0.4, 0.5) is 0 Å². The van der Waals surface area contributed by atoms with Gasteiger partial charge in [-0.25, -0.2) is 0 Å². The molecule has 0 amide bonds. The van der Waals surface area contributed by atoms with Crippen molar-refractivity contribution in [2.75, 3.05) is 0 Å². The molecule has 0 unspecified atom stereocenters. The van der Waals surface area contributed by atoms with Gasteiger partial charge < -0.3 is 1.43 Å². The summed E-state index contributed by atoms with van der Waals surface area (Å²) in [7, 11) is 0. The monoisotopic (exact) mass is 80.1 g/mol. The summed E-state index contributed by atoms with van der Waals surface area (Å²) in [6.45, 7) is 4.00. The molecule has 0 aliphatic rings. The van der Waals surface area contributed by atoms with Crippen LogP contribution in [0.1, 0.15) is 15.3 Å². The largest absolute Gasteiger partial charge is 1.00 e. The molecule has 0 saturated heterocycles. The predicted molar refractivity (Wildman–Crippen MR) is 21.6 cm³/mol. The van der Waals surface area contributed by atoms with Crippen LogP contribution in [-0.2, 0) is 0 Å². The fourth-order valence-corrected chi connectivity index (χ4v) is 0. The second-order valence-corrected chi connectivity index (χ2v) is 0.667. The summed E-state index contributed by atoms with van der Waals surface area (Å²) in [4.78, 5) is 0. The molecule has 0 aromatic rings. The Hall–Kier alpha value is 0.740. The van der Waals surface area contributed by atoms with Gasteiger partial charge in [0.2, 0.25) is 0 Å². The first-order valence-electron chi connectivity index (χ1n) is 1.49. The van der Waals surface area contributed by atoms with Crippen LogP contribution < -0.4 is 29.6 Å². The third-order valence-electron chi connectivity index (χ3n) is 0.333. The van der Waals surface area contributed by atoms with Gasteiger partial charge in [0.15, 0.2) is 0 Å². The molecule has 1 heteroatoms. The van der Waals surface area contributed by atoms with Crippen LogP contribution >= 0.6 is 0 Å². The number of hydrogen-bond acceptors (Lipinski definition) is 0. The Morgan fingerprint density at radius 2 is 1.40 bits per heavy atom. The van der Waals surface area contributed by atoms with Gasteiger partial charge in [0, 0.05) is 0 Å². The van der Waals surface area contributed by atoms with Crippen LogP contribution in [0.3, 0.4) is 0 Å². The average Bonchev–Trinajstić information content (AvgIpc) is 1.37. The van der Waals surface area contributed by atoms with Crippen LogP contribution in [0.15, 0.2) is 12.2 Å². The molecule has 0 aromatic carbocycles. The minimum Gasteiger partial charge on any atom is -1.00 e. The second kappa shape index (κ2) is 8.83. The van der Waals surface area contributed by atoms with Crippen molar-refractivity contribution in [2.24, 2.45) is 0 Å². The maximum absolute atomic E-state index is 2.00. The number of rotatable bonds is 0. The minimum absolute atomic E-state index is 0. The summed E-state index contributed by atoms with van der Waals surface area (Å²) in [6, 6.07) is 0. The SMILES string of the molecule is CC=CC.[H-].[Na+]. The molecule has 0 spiro atoms. The van der Waals surface area contributed by atoms with Crippen LogP contribution in [0, 0.1) is 0 Å². The van der Waals surface area contributed by atoms with Gasteiger partial charge in [-0.05, 0) is 13.8 Å². The van der Waals surface area contributed by atoms with Gasteiger partial charge >= 0.3 is 29.6 Å². The van der Waals surface area contributed by atoms with Gasteiger partial charge in [-0.2, -0.15) is 0 Å². The van der Waals surface area contributed by atoms with E-state index >= 15 is 0 Å². The third-order valence-corrected chi connectivity index (χ3v) is 0.333. The first-order chi connectivity index (χ1) is 1.91. The first kappa shape index (κ1) is 9.22. The van der Waals surface area contributed by atoms with E-state index < -0.39 is 0 Å². The van der Waals surface area contributed by atoms with Crippen molar-refractivity contribution in [3.05, 3.63) is 12.2 Å². The summed E-state index contributed by atoms with van der Waals surface area (Å²) < 4.78 is 0. The van der Waals surface area contributed by atoms with E-state index in [0.717, 1.165) is 0 Å². The smallest absolute Gasteiger partial charge is 1.00 e. The van der Waals surface area contributed by atoms with Crippen LogP contribution in [-0.4, -0.2) is 0 Å². The zero-order valence-electron chi connectivity index (χ0n) is 5.15. The molecule has 0 radical (unpaired) electrons. The van der Waals surface area contributed by atoms with E-state index in [1.807, 2.05) is 26.0 Å². The quantitative estimate of drug-likeness (QED) is 0.250. The molecule has 0 aliphatic carbocycles. The molecule has 26 valence electrons.